The van der Waals surface area contributed by atoms with E-state index in [4.69, 9.17) is 0 Å². The molecule has 1 aromatic carbocycles. The molecule has 0 saturated heterocycles. The molecule has 0 aliphatic heterocycles. The second-order valence-corrected chi connectivity index (χ2v) is 5.82. The lowest BCUT2D eigenvalue weighted by molar-refractivity contribution is 0.0938. The van der Waals surface area contributed by atoms with Crippen LogP contribution in [-0.4, -0.2) is 22.7 Å². The first-order chi connectivity index (χ1) is 9.15. The monoisotopic (exact) mass is 261 g/mol. The van der Waals surface area contributed by atoms with E-state index < -0.39 is 0 Å². The summed E-state index contributed by atoms with van der Waals surface area (Å²) in [6, 6.07) is 4.44. The Morgan fingerprint density at radius 1 is 1.26 bits per heavy atom. The molecule has 3 rings (SSSR count). The number of nitrogens with one attached hydrogen (secondary N) is 1. The fourth-order valence-corrected chi connectivity index (χ4v) is 3.66. The zero-order valence-electron chi connectivity index (χ0n) is 10.8. The summed E-state index contributed by atoms with van der Waals surface area (Å²) < 4.78 is 0. The van der Waals surface area contributed by atoms with E-state index in [1.807, 2.05) is 0 Å². The van der Waals surface area contributed by atoms with E-state index in [1.54, 1.807) is 6.07 Å². The van der Waals surface area contributed by atoms with Gasteiger partial charge in [-0.15, -0.1) is 0 Å². The molecule has 1 amide bonds. The molecular weight excluding hydrogens is 242 g/mol. The lowest BCUT2D eigenvalue weighted by Crippen LogP contribution is -2.31. The van der Waals surface area contributed by atoms with Gasteiger partial charge in [0.15, 0.2) is 11.5 Å². The molecule has 0 aromatic heterocycles. The first-order valence-corrected chi connectivity index (χ1v) is 6.94. The Hall–Kier alpha value is -1.71. The van der Waals surface area contributed by atoms with Crippen molar-refractivity contribution in [3.05, 3.63) is 23.8 Å². The number of carbonyl (C=O) groups excluding carboxylic acids is 1. The molecule has 0 radical (unpaired) electrons. The van der Waals surface area contributed by atoms with E-state index in [2.05, 4.69) is 5.32 Å². The third-order valence-corrected chi connectivity index (χ3v) is 4.67. The van der Waals surface area contributed by atoms with Crippen LogP contribution in [-0.2, 0) is 0 Å². The van der Waals surface area contributed by atoms with Gasteiger partial charge in [0, 0.05) is 6.54 Å². The van der Waals surface area contributed by atoms with Crippen LogP contribution in [0, 0.1) is 17.8 Å². The van der Waals surface area contributed by atoms with Gasteiger partial charge in [-0.25, -0.2) is 0 Å². The Morgan fingerprint density at radius 3 is 2.79 bits per heavy atom. The lowest BCUT2D eigenvalue weighted by Gasteiger charge is -2.21. The highest BCUT2D eigenvalue weighted by Gasteiger charge is 2.39. The van der Waals surface area contributed by atoms with Gasteiger partial charge >= 0.3 is 0 Å². The van der Waals surface area contributed by atoms with E-state index in [0.29, 0.717) is 12.5 Å². The summed E-state index contributed by atoms with van der Waals surface area (Å²) >= 11 is 0. The number of rotatable bonds is 3. The maximum absolute atomic E-state index is 12.0. The van der Waals surface area contributed by atoms with Gasteiger partial charge in [0.25, 0.3) is 5.91 Å². The topological polar surface area (TPSA) is 69.6 Å². The Kier molecular flexibility index (Phi) is 3.09. The van der Waals surface area contributed by atoms with Crippen LogP contribution >= 0.6 is 0 Å². The molecule has 0 spiro atoms. The van der Waals surface area contributed by atoms with Gasteiger partial charge in [0.05, 0.1) is 5.56 Å². The van der Waals surface area contributed by atoms with Crippen LogP contribution in [0.25, 0.3) is 0 Å². The number of hydrogen-bond acceptors (Lipinski definition) is 3. The third-order valence-electron chi connectivity index (χ3n) is 4.67. The highest BCUT2D eigenvalue weighted by atomic mass is 16.3. The smallest absolute Gasteiger partial charge is 0.255 e. The summed E-state index contributed by atoms with van der Waals surface area (Å²) in [5, 5.41) is 21.9. The van der Waals surface area contributed by atoms with Crippen molar-refractivity contribution in [1.29, 1.82) is 0 Å². The predicted octanol–water partition coefficient (Wildman–Crippen LogP) is 2.26. The summed E-state index contributed by atoms with van der Waals surface area (Å²) in [5.74, 6) is 1.31. The molecule has 4 nitrogen and oxygen atoms in total. The highest BCUT2D eigenvalue weighted by Crippen LogP contribution is 2.47. The fourth-order valence-electron chi connectivity index (χ4n) is 3.66. The zero-order valence-corrected chi connectivity index (χ0v) is 10.8. The van der Waals surface area contributed by atoms with E-state index in [0.717, 1.165) is 11.8 Å². The molecule has 19 heavy (non-hydrogen) atoms. The first kappa shape index (κ1) is 12.3. The number of hydrogen-bond donors (Lipinski definition) is 3. The molecule has 4 heteroatoms. The number of fused-ring (bicyclic) bond motifs is 2. The van der Waals surface area contributed by atoms with E-state index in [9.17, 15) is 15.0 Å². The van der Waals surface area contributed by atoms with Gasteiger partial charge < -0.3 is 15.5 Å². The van der Waals surface area contributed by atoms with Crippen molar-refractivity contribution in [3.63, 3.8) is 0 Å². The average molecular weight is 261 g/mol. The van der Waals surface area contributed by atoms with Crippen LogP contribution in [0.1, 0.15) is 36.0 Å². The van der Waals surface area contributed by atoms with E-state index in [-0.39, 0.29) is 23.0 Å². The summed E-state index contributed by atoms with van der Waals surface area (Å²) in [6.07, 6.45) is 5.18. The molecular formula is C15H19NO3. The number of aromatic hydroxyl groups is 2. The van der Waals surface area contributed by atoms with Crippen molar-refractivity contribution in [3.8, 4) is 11.5 Å². The predicted molar refractivity (Wildman–Crippen MR) is 71.0 cm³/mol. The van der Waals surface area contributed by atoms with Crippen molar-refractivity contribution < 1.29 is 15.0 Å². The minimum atomic E-state index is -0.340. The molecule has 3 N–H and O–H groups in total. The van der Waals surface area contributed by atoms with Gasteiger partial charge in [-0.3, -0.25) is 4.79 Å². The molecule has 2 fully saturated rings. The quantitative estimate of drug-likeness (QED) is 0.731. The largest absolute Gasteiger partial charge is 0.504 e. The van der Waals surface area contributed by atoms with Crippen molar-refractivity contribution in [1.82, 2.24) is 5.32 Å². The van der Waals surface area contributed by atoms with Gasteiger partial charge in [-0.05, 0) is 49.1 Å². The second kappa shape index (κ2) is 4.76. The molecule has 0 heterocycles. The standard InChI is InChI=1S/C15H19NO3/c17-13-3-1-2-12(14(13)18)15(19)16-8-11-7-9-4-5-10(11)6-9/h1-3,9-11,17-18H,4-8H2,(H,16,19). The van der Waals surface area contributed by atoms with Gasteiger partial charge in [0.1, 0.15) is 0 Å². The fraction of sp³-hybridized carbons (Fsp3) is 0.533. The number of phenolic OH excluding ortho intramolecular Hbond substituents is 2. The summed E-state index contributed by atoms with van der Waals surface area (Å²) in [7, 11) is 0. The zero-order chi connectivity index (χ0) is 13.4. The van der Waals surface area contributed by atoms with Crippen LogP contribution in [0.15, 0.2) is 18.2 Å². The Morgan fingerprint density at radius 2 is 2.11 bits per heavy atom. The van der Waals surface area contributed by atoms with Crippen LogP contribution in [0.3, 0.4) is 0 Å². The Labute approximate surface area is 112 Å². The third kappa shape index (κ3) is 2.27. The lowest BCUT2D eigenvalue weighted by atomic mass is 9.89. The van der Waals surface area contributed by atoms with Crippen molar-refractivity contribution in [2.45, 2.75) is 25.7 Å². The second-order valence-electron chi connectivity index (χ2n) is 5.82. The number of phenols is 2. The SMILES string of the molecule is O=C(NCC1CC2CCC1C2)c1cccc(O)c1O. The number of para-hydroxylation sites is 1. The molecule has 2 aliphatic carbocycles. The molecule has 1 aromatic rings. The minimum absolute atomic E-state index is 0.142. The molecule has 102 valence electrons. The number of benzene rings is 1. The maximum atomic E-state index is 12.0. The van der Waals surface area contributed by atoms with Crippen molar-refractivity contribution >= 4 is 5.91 Å². The Bertz CT molecular complexity index is 500. The molecule has 2 saturated carbocycles. The van der Waals surface area contributed by atoms with Gasteiger partial charge in [0.2, 0.25) is 0 Å². The van der Waals surface area contributed by atoms with Crippen LogP contribution in [0.4, 0.5) is 0 Å². The van der Waals surface area contributed by atoms with Crippen molar-refractivity contribution in [2.75, 3.05) is 6.54 Å². The minimum Gasteiger partial charge on any atom is -0.504 e. The van der Waals surface area contributed by atoms with Crippen molar-refractivity contribution in [2.24, 2.45) is 17.8 Å². The molecule has 2 bridgehead atoms. The van der Waals surface area contributed by atoms with Crippen LogP contribution in [0.2, 0.25) is 0 Å². The van der Waals surface area contributed by atoms with E-state index in [1.165, 1.54) is 37.8 Å². The summed E-state index contributed by atoms with van der Waals surface area (Å²) in [4.78, 5) is 12.0. The van der Waals surface area contributed by atoms with E-state index >= 15 is 0 Å². The summed E-state index contributed by atoms with van der Waals surface area (Å²) in [5.41, 5.74) is 0.142. The average Bonchev–Trinajstić information content (AvgIpc) is 3.01. The van der Waals surface area contributed by atoms with Gasteiger partial charge in [-0.1, -0.05) is 12.5 Å². The summed E-state index contributed by atoms with van der Waals surface area (Å²) in [6.45, 7) is 0.676. The molecule has 2 aliphatic rings. The van der Waals surface area contributed by atoms with Crippen LogP contribution in [0.5, 0.6) is 11.5 Å². The van der Waals surface area contributed by atoms with Gasteiger partial charge in [-0.2, -0.15) is 0 Å². The first-order valence-electron chi connectivity index (χ1n) is 6.94. The maximum Gasteiger partial charge on any atom is 0.255 e. The van der Waals surface area contributed by atoms with Crippen LogP contribution < -0.4 is 5.32 Å². The molecule has 3 unspecified atom stereocenters. The number of carbonyl (C=O) groups is 1. The highest BCUT2D eigenvalue weighted by molar-refractivity contribution is 5.97. The molecule has 3 atom stereocenters. The normalized spacial score (nSPS) is 28.5. The number of amides is 1. The Balaban J connectivity index is 1.61.